The summed E-state index contributed by atoms with van der Waals surface area (Å²) in [5.41, 5.74) is 7.24. The van der Waals surface area contributed by atoms with Gasteiger partial charge < -0.3 is 15.2 Å². The van der Waals surface area contributed by atoms with Gasteiger partial charge in [0.1, 0.15) is 0 Å². The molecule has 2 heterocycles. The Hall–Kier alpha value is -0.910. The molecule has 2 atom stereocenters. The van der Waals surface area contributed by atoms with Crippen LogP contribution in [0.2, 0.25) is 0 Å². The Kier molecular flexibility index (Phi) is 5.18. The molecule has 2 rings (SSSR count). The van der Waals surface area contributed by atoms with Gasteiger partial charge in [-0.1, -0.05) is 13.8 Å². The normalized spacial score (nSPS) is 23.4. The highest BCUT2D eigenvalue weighted by Crippen LogP contribution is 2.23. The zero-order chi connectivity index (χ0) is 14.7. The Morgan fingerprint density at radius 1 is 1.35 bits per heavy atom. The summed E-state index contributed by atoms with van der Waals surface area (Å²) in [6.45, 7) is 9.55. The summed E-state index contributed by atoms with van der Waals surface area (Å²) in [5, 5.41) is 0. The zero-order valence-corrected chi connectivity index (χ0v) is 13.3. The number of nitrogens with two attached hydrogens (primary N) is 1. The van der Waals surface area contributed by atoms with Gasteiger partial charge in [-0.15, -0.1) is 0 Å². The lowest BCUT2D eigenvalue weighted by Crippen LogP contribution is -2.51. The Morgan fingerprint density at radius 3 is 2.75 bits per heavy atom. The topological polar surface area (TPSA) is 50.3 Å². The van der Waals surface area contributed by atoms with E-state index in [9.17, 15) is 0 Å². The van der Waals surface area contributed by atoms with Gasteiger partial charge in [0.25, 0.3) is 0 Å². The van der Waals surface area contributed by atoms with Crippen LogP contribution in [0.5, 0.6) is 0 Å². The summed E-state index contributed by atoms with van der Waals surface area (Å²) in [6, 6.07) is 0.548. The number of hydrogen-bond donors (Lipinski definition) is 1. The van der Waals surface area contributed by atoms with Gasteiger partial charge >= 0.3 is 0 Å². The molecular weight excluding hydrogens is 250 g/mol. The minimum absolute atomic E-state index is 0.393. The maximum atomic E-state index is 5.96. The molecule has 1 aromatic heterocycles. The molecule has 2 unspecified atom stereocenters. The maximum Gasteiger partial charge on any atom is 0.0948 e. The maximum absolute atomic E-state index is 5.96. The SMILES string of the molecule is CC(C)C(CN)c1cncn1CC1CN(C)CCN1C. The molecule has 2 N–H and O–H groups in total. The molecule has 1 fully saturated rings. The second kappa shape index (κ2) is 6.70. The quantitative estimate of drug-likeness (QED) is 0.867. The molecule has 114 valence electrons. The van der Waals surface area contributed by atoms with E-state index >= 15 is 0 Å². The molecule has 0 bridgehead atoms. The first-order valence-electron chi connectivity index (χ1n) is 7.61. The van der Waals surface area contributed by atoms with Gasteiger partial charge in [-0.3, -0.25) is 4.90 Å². The van der Waals surface area contributed by atoms with Crippen LogP contribution in [0.25, 0.3) is 0 Å². The minimum atomic E-state index is 0.393. The van der Waals surface area contributed by atoms with E-state index in [4.69, 9.17) is 5.73 Å². The first-order chi connectivity index (χ1) is 9.52. The smallest absolute Gasteiger partial charge is 0.0948 e. The fourth-order valence-corrected chi connectivity index (χ4v) is 3.05. The highest BCUT2D eigenvalue weighted by Gasteiger charge is 2.25. The van der Waals surface area contributed by atoms with Gasteiger partial charge in [-0.25, -0.2) is 4.98 Å². The lowest BCUT2D eigenvalue weighted by atomic mass is 9.93. The van der Waals surface area contributed by atoms with Crippen molar-refractivity contribution in [3.63, 3.8) is 0 Å². The molecule has 0 radical (unpaired) electrons. The molecule has 0 aliphatic carbocycles. The number of aromatic nitrogens is 2. The third kappa shape index (κ3) is 3.40. The summed E-state index contributed by atoms with van der Waals surface area (Å²) >= 11 is 0. The molecule has 0 amide bonds. The van der Waals surface area contributed by atoms with Crippen molar-refractivity contribution < 1.29 is 0 Å². The van der Waals surface area contributed by atoms with Crippen molar-refractivity contribution in [3.8, 4) is 0 Å². The van der Waals surface area contributed by atoms with Crippen molar-refractivity contribution in [1.29, 1.82) is 0 Å². The van der Waals surface area contributed by atoms with E-state index in [0.29, 0.717) is 24.4 Å². The summed E-state index contributed by atoms with van der Waals surface area (Å²) in [4.78, 5) is 9.22. The van der Waals surface area contributed by atoms with Crippen molar-refractivity contribution in [2.75, 3.05) is 40.3 Å². The lowest BCUT2D eigenvalue weighted by molar-refractivity contribution is 0.102. The first-order valence-corrected chi connectivity index (χ1v) is 7.61. The van der Waals surface area contributed by atoms with Crippen LogP contribution in [0.3, 0.4) is 0 Å². The fourth-order valence-electron chi connectivity index (χ4n) is 3.05. The Bertz CT molecular complexity index is 414. The molecule has 1 aromatic rings. The number of likely N-dealkylation sites (N-methyl/N-ethyl adjacent to an activating group) is 2. The molecule has 5 heteroatoms. The van der Waals surface area contributed by atoms with E-state index in [1.54, 1.807) is 0 Å². The molecule has 1 aliphatic rings. The van der Waals surface area contributed by atoms with Gasteiger partial charge in [0.05, 0.1) is 6.33 Å². The van der Waals surface area contributed by atoms with E-state index < -0.39 is 0 Å². The summed E-state index contributed by atoms with van der Waals surface area (Å²) in [6.07, 6.45) is 3.95. The van der Waals surface area contributed by atoms with Gasteiger partial charge in [-0.05, 0) is 20.0 Å². The monoisotopic (exact) mass is 279 g/mol. The second-order valence-electron chi connectivity index (χ2n) is 6.45. The lowest BCUT2D eigenvalue weighted by Gasteiger charge is -2.38. The third-order valence-corrected chi connectivity index (χ3v) is 4.57. The Morgan fingerprint density at radius 2 is 2.10 bits per heavy atom. The molecule has 5 nitrogen and oxygen atoms in total. The molecular formula is C15H29N5. The van der Waals surface area contributed by atoms with Crippen LogP contribution in [-0.4, -0.2) is 65.7 Å². The van der Waals surface area contributed by atoms with E-state index in [1.807, 2.05) is 12.5 Å². The largest absolute Gasteiger partial charge is 0.333 e. The van der Waals surface area contributed by atoms with Crippen molar-refractivity contribution in [2.24, 2.45) is 11.7 Å². The molecule has 0 aromatic carbocycles. The van der Waals surface area contributed by atoms with Crippen molar-refractivity contribution in [2.45, 2.75) is 32.4 Å². The Balaban J connectivity index is 2.11. The van der Waals surface area contributed by atoms with E-state index in [2.05, 4.69) is 47.3 Å². The van der Waals surface area contributed by atoms with Gasteiger partial charge in [0, 0.05) is 56.6 Å². The van der Waals surface area contributed by atoms with Crippen LogP contribution < -0.4 is 5.73 Å². The van der Waals surface area contributed by atoms with Crippen LogP contribution in [0.15, 0.2) is 12.5 Å². The van der Waals surface area contributed by atoms with Gasteiger partial charge in [-0.2, -0.15) is 0 Å². The van der Waals surface area contributed by atoms with Crippen molar-refractivity contribution >= 4 is 0 Å². The molecule has 1 saturated heterocycles. The van der Waals surface area contributed by atoms with Crippen LogP contribution in [0.4, 0.5) is 0 Å². The van der Waals surface area contributed by atoms with Crippen LogP contribution in [0, 0.1) is 5.92 Å². The Labute approximate surface area is 122 Å². The zero-order valence-electron chi connectivity index (χ0n) is 13.3. The van der Waals surface area contributed by atoms with E-state index in [-0.39, 0.29) is 0 Å². The molecule has 1 aliphatic heterocycles. The van der Waals surface area contributed by atoms with Crippen molar-refractivity contribution in [3.05, 3.63) is 18.2 Å². The number of rotatable bonds is 5. The highest BCUT2D eigenvalue weighted by atomic mass is 15.3. The first kappa shape index (κ1) is 15.5. The predicted molar refractivity (Wildman–Crippen MR) is 82.8 cm³/mol. The number of piperazine rings is 1. The van der Waals surface area contributed by atoms with Gasteiger partial charge in [0.2, 0.25) is 0 Å². The third-order valence-electron chi connectivity index (χ3n) is 4.57. The summed E-state index contributed by atoms with van der Waals surface area (Å²) < 4.78 is 2.30. The van der Waals surface area contributed by atoms with E-state index in [1.165, 1.54) is 5.69 Å². The van der Waals surface area contributed by atoms with Crippen LogP contribution in [-0.2, 0) is 6.54 Å². The second-order valence-corrected chi connectivity index (χ2v) is 6.45. The minimum Gasteiger partial charge on any atom is -0.333 e. The molecule has 20 heavy (non-hydrogen) atoms. The van der Waals surface area contributed by atoms with Crippen LogP contribution in [0.1, 0.15) is 25.5 Å². The molecule has 0 saturated carbocycles. The average molecular weight is 279 g/mol. The number of imidazole rings is 1. The molecule has 0 spiro atoms. The van der Waals surface area contributed by atoms with Gasteiger partial charge in [0.15, 0.2) is 0 Å². The summed E-state index contributed by atoms with van der Waals surface area (Å²) in [5.74, 6) is 0.936. The summed E-state index contributed by atoms with van der Waals surface area (Å²) in [7, 11) is 4.42. The van der Waals surface area contributed by atoms with E-state index in [0.717, 1.165) is 26.2 Å². The average Bonchev–Trinajstić information content (AvgIpc) is 2.83. The fraction of sp³-hybridized carbons (Fsp3) is 0.800. The number of nitrogens with zero attached hydrogens (tertiary/aromatic N) is 4. The van der Waals surface area contributed by atoms with Crippen molar-refractivity contribution in [1.82, 2.24) is 19.4 Å². The van der Waals surface area contributed by atoms with Crippen LogP contribution >= 0.6 is 0 Å². The number of hydrogen-bond acceptors (Lipinski definition) is 4. The standard InChI is InChI=1S/C15H29N5/c1-12(2)14(7-16)15-8-17-11-20(15)10-13-9-18(3)5-6-19(13)4/h8,11-14H,5-7,9-10,16H2,1-4H3. The predicted octanol–water partition coefficient (Wildman–Crippen LogP) is 0.827. The highest BCUT2D eigenvalue weighted by molar-refractivity contribution is 5.08.